The Morgan fingerprint density at radius 2 is 2.31 bits per heavy atom. The van der Waals surface area contributed by atoms with Crippen molar-refractivity contribution in [1.29, 1.82) is 0 Å². The van der Waals surface area contributed by atoms with Gasteiger partial charge in [0.05, 0.1) is 12.3 Å². The van der Waals surface area contributed by atoms with E-state index in [0.717, 1.165) is 0 Å². The molecule has 0 radical (unpaired) electrons. The third kappa shape index (κ3) is 1.87. The number of anilines is 1. The maximum atomic E-state index is 11.2. The summed E-state index contributed by atoms with van der Waals surface area (Å²) in [4.78, 5) is 24.9. The zero-order chi connectivity index (χ0) is 9.84. The van der Waals surface area contributed by atoms with Gasteiger partial charge < -0.3 is 15.5 Å². The SMILES string of the molecule is CCOC(=O)c1c[nH]cc(N)c1=O. The number of nitrogens with one attached hydrogen (secondary N) is 1. The van der Waals surface area contributed by atoms with E-state index < -0.39 is 11.4 Å². The van der Waals surface area contributed by atoms with Gasteiger partial charge in [-0.1, -0.05) is 0 Å². The molecule has 13 heavy (non-hydrogen) atoms. The van der Waals surface area contributed by atoms with Crippen LogP contribution in [-0.2, 0) is 4.74 Å². The Kier molecular flexibility index (Phi) is 2.69. The smallest absolute Gasteiger partial charge is 0.343 e. The summed E-state index contributed by atoms with van der Waals surface area (Å²) in [6.07, 6.45) is 2.60. The van der Waals surface area contributed by atoms with E-state index in [2.05, 4.69) is 9.72 Å². The van der Waals surface area contributed by atoms with Gasteiger partial charge in [0.25, 0.3) is 0 Å². The molecular weight excluding hydrogens is 172 g/mol. The summed E-state index contributed by atoms with van der Waals surface area (Å²) in [5, 5.41) is 0. The van der Waals surface area contributed by atoms with Crippen LogP contribution in [0.3, 0.4) is 0 Å². The first kappa shape index (κ1) is 9.31. The van der Waals surface area contributed by atoms with Crippen molar-refractivity contribution in [2.24, 2.45) is 0 Å². The zero-order valence-electron chi connectivity index (χ0n) is 7.16. The number of carbonyl (C=O) groups excluding carboxylic acids is 1. The first-order valence-corrected chi connectivity index (χ1v) is 3.80. The average Bonchev–Trinajstić information content (AvgIpc) is 2.10. The highest BCUT2D eigenvalue weighted by molar-refractivity contribution is 5.89. The maximum absolute atomic E-state index is 11.2. The van der Waals surface area contributed by atoms with Crippen LogP contribution in [0.25, 0.3) is 0 Å². The number of pyridine rings is 1. The van der Waals surface area contributed by atoms with Crippen LogP contribution in [0.1, 0.15) is 17.3 Å². The predicted octanol–water partition coefficient (Wildman–Crippen LogP) is 0.134. The number of hydrogen-bond donors (Lipinski definition) is 2. The molecule has 0 atom stereocenters. The standard InChI is InChI=1S/C8H10N2O3/c1-2-13-8(12)5-3-10-4-6(9)7(5)11/h3-4H,2,9H2,1H3,(H,10,11). The first-order chi connectivity index (χ1) is 6.16. The topological polar surface area (TPSA) is 85.2 Å². The van der Waals surface area contributed by atoms with Crippen LogP contribution in [0, 0.1) is 0 Å². The van der Waals surface area contributed by atoms with Gasteiger partial charge in [-0.2, -0.15) is 0 Å². The Morgan fingerprint density at radius 3 is 2.92 bits per heavy atom. The molecule has 0 bridgehead atoms. The number of nitrogens with two attached hydrogens (primary N) is 1. The molecule has 1 rings (SSSR count). The number of esters is 1. The van der Waals surface area contributed by atoms with Crippen molar-refractivity contribution in [2.45, 2.75) is 6.92 Å². The third-order valence-corrected chi connectivity index (χ3v) is 1.47. The molecule has 0 unspecified atom stereocenters. The van der Waals surface area contributed by atoms with Gasteiger partial charge in [-0.25, -0.2) is 4.79 Å². The summed E-state index contributed by atoms with van der Waals surface area (Å²) in [6.45, 7) is 1.89. The molecule has 3 N–H and O–H groups in total. The second kappa shape index (κ2) is 3.75. The lowest BCUT2D eigenvalue weighted by molar-refractivity contribution is 0.0524. The van der Waals surface area contributed by atoms with Crippen LogP contribution < -0.4 is 11.2 Å². The summed E-state index contributed by atoms with van der Waals surface area (Å²) in [7, 11) is 0. The van der Waals surface area contributed by atoms with Gasteiger partial charge >= 0.3 is 5.97 Å². The van der Waals surface area contributed by atoms with Gasteiger partial charge in [0.15, 0.2) is 0 Å². The first-order valence-electron chi connectivity index (χ1n) is 3.80. The number of hydrogen-bond acceptors (Lipinski definition) is 4. The van der Waals surface area contributed by atoms with E-state index in [9.17, 15) is 9.59 Å². The number of H-pyrrole nitrogens is 1. The Morgan fingerprint density at radius 1 is 1.62 bits per heavy atom. The molecule has 70 valence electrons. The fourth-order valence-corrected chi connectivity index (χ4v) is 0.862. The number of aromatic amines is 1. The van der Waals surface area contributed by atoms with Crippen molar-refractivity contribution in [2.75, 3.05) is 12.3 Å². The molecule has 0 aliphatic carbocycles. The Balaban J connectivity index is 3.08. The Hall–Kier alpha value is -1.78. The predicted molar refractivity (Wildman–Crippen MR) is 47.4 cm³/mol. The van der Waals surface area contributed by atoms with Gasteiger partial charge in [0, 0.05) is 12.4 Å². The van der Waals surface area contributed by atoms with E-state index in [-0.39, 0.29) is 17.9 Å². The highest BCUT2D eigenvalue weighted by atomic mass is 16.5. The molecular formula is C8H10N2O3. The molecule has 0 fully saturated rings. The molecule has 0 amide bonds. The van der Waals surface area contributed by atoms with Crippen molar-refractivity contribution in [3.63, 3.8) is 0 Å². The van der Waals surface area contributed by atoms with Gasteiger partial charge in [0.2, 0.25) is 5.43 Å². The van der Waals surface area contributed by atoms with Crippen LogP contribution in [0.4, 0.5) is 5.69 Å². The molecule has 1 aromatic rings. The van der Waals surface area contributed by atoms with Crippen LogP contribution >= 0.6 is 0 Å². The minimum atomic E-state index is -0.656. The molecule has 5 nitrogen and oxygen atoms in total. The second-order valence-corrected chi connectivity index (χ2v) is 2.37. The van der Waals surface area contributed by atoms with Crippen LogP contribution in [0.15, 0.2) is 17.2 Å². The van der Waals surface area contributed by atoms with Gasteiger partial charge in [0.1, 0.15) is 5.56 Å². The molecule has 5 heteroatoms. The van der Waals surface area contributed by atoms with Crippen molar-refractivity contribution >= 4 is 11.7 Å². The summed E-state index contributed by atoms with van der Waals surface area (Å²) >= 11 is 0. The van der Waals surface area contributed by atoms with Crippen molar-refractivity contribution in [3.8, 4) is 0 Å². The zero-order valence-corrected chi connectivity index (χ0v) is 7.16. The fourth-order valence-electron chi connectivity index (χ4n) is 0.862. The third-order valence-electron chi connectivity index (χ3n) is 1.47. The van der Waals surface area contributed by atoms with Crippen molar-refractivity contribution in [1.82, 2.24) is 4.98 Å². The lowest BCUT2D eigenvalue weighted by atomic mass is 10.2. The molecule has 1 aromatic heterocycles. The average molecular weight is 182 g/mol. The normalized spacial score (nSPS) is 9.62. The molecule has 0 aliphatic heterocycles. The second-order valence-electron chi connectivity index (χ2n) is 2.37. The molecule has 0 saturated carbocycles. The number of rotatable bonds is 2. The van der Waals surface area contributed by atoms with E-state index in [0.29, 0.717) is 0 Å². The molecule has 0 aliphatic rings. The van der Waals surface area contributed by atoms with E-state index in [4.69, 9.17) is 5.73 Å². The minimum absolute atomic E-state index is 0.00514. The minimum Gasteiger partial charge on any atom is -0.462 e. The van der Waals surface area contributed by atoms with E-state index >= 15 is 0 Å². The van der Waals surface area contributed by atoms with Gasteiger partial charge in [-0.3, -0.25) is 4.79 Å². The number of carbonyl (C=O) groups is 1. The maximum Gasteiger partial charge on any atom is 0.343 e. The monoisotopic (exact) mass is 182 g/mol. The summed E-state index contributed by atoms with van der Waals surface area (Å²) < 4.78 is 4.65. The fraction of sp³-hybridized carbons (Fsp3) is 0.250. The summed E-state index contributed by atoms with van der Waals surface area (Å²) in [6, 6.07) is 0. The van der Waals surface area contributed by atoms with E-state index in [1.807, 2.05) is 0 Å². The van der Waals surface area contributed by atoms with E-state index in [1.165, 1.54) is 12.4 Å². The van der Waals surface area contributed by atoms with E-state index in [1.54, 1.807) is 6.92 Å². The molecule has 0 spiro atoms. The molecule has 0 saturated heterocycles. The number of nitrogen functional groups attached to an aromatic ring is 1. The lowest BCUT2D eigenvalue weighted by Crippen LogP contribution is -2.20. The van der Waals surface area contributed by atoms with Crippen molar-refractivity contribution in [3.05, 3.63) is 28.2 Å². The molecule has 0 aromatic carbocycles. The lowest BCUT2D eigenvalue weighted by Gasteiger charge is -2.00. The van der Waals surface area contributed by atoms with Crippen LogP contribution in [-0.4, -0.2) is 17.6 Å². The molecule has 1 heterocycles. The Labute approximate surface area is 74.5 Å². The Bertz CT molecular complexity index is 370. The quantitative estimate of drug-likeness (QED) is 0.637. The van der Waals surface area contributed by atoms with Gasteiger partial charge in [-0.05, 0) is 6.92 Å². The van der Waals surface area contributed by atoms with Crippen LogP contribution in [0.2, 0.25) is 0 Å². The van der Waals surface area contributed by atoms with Crippen molar-refractivity contribution < 1.29 is 9.53 Å². The van der Waals surface area contributed by atoms with Crippen LogP contribution in [0.5, 0.6) is 0 Å². The highest BCUT2D eigenvalue weighted by Gasteiger charge is 2.11. The van der Waals surface area contributed by atoms with Gasteiger partial charge in [-0.15, -0.1) is 0 Å². The summed E-state index contributed by atoms with van der Waals surface area (Å²) in [5.74, 6) is -0.656. The largest absolute Gasteiger partial charge is 0.462 e. The highest BCUT2D eigenvalue weighted by Crippen LogP contribution is 1.96. The summed E-state index contributed by atoms with van der Waals surface area (Å²) in [5.41, 5.74) is 4.74. The number of ether oxygens (including phenoxy) is 1. The number of aromatic nitrogens is 1.